The Kier molecular flexibility index (Phi) is 3.76. The number of rotatable bonds is 6. The average Bonchev–Trinajstić information content (AvgIpc) is 2.98. The molecular formula is C12H20N2S. The van der Waals surface area contributed by atoms with E-state index in [1.807, 2.05) is 17.5 Å². The highest BCUT2D eigenvalue weighted by Crippen LogP contribution is 2.34. The van der Waals surface area contributed by atoms with Crippen LogP contribution in [0.1, 0.15) is 43.0 Å². The third kappa shape index (κ3) is 3.02. The molecule has 0 spiro atoms. The number of hydrogen-bond acceptors (Lipinski definition) is 3. The number of nitrogens with one attached hydrogen (secondary N) is 1. The molecule has 0 saturated heterocycles. The highest BCUT2D eigenvalue weighted by Gasteiger charge is 2.29. The minimum absolute atomic E-state index is 0.721. The van der Waals surface area contributed by atoms with E-state index in [9.17, 15) is 0 Å². The second-order valence-corrected chi connectivity index (χ2v) is 5.51. The van der Waals surface area contributed by atoms with Gasteiger partial charge in [-0.15, -0.1) is 11.3 Å². The van der Waals surface area contributed by atoms with Crippen molar-refractivity contribution >= 4 is 11.3 Å². The summed E-state index contributed by atoms with van der Waals surface area (Å²) in [6.45, 7) is 5.42. The van der Waals surface area contributed by atoms with Gasteiger partial charge in [0.05, 0.1) is 0 Å². The zero-order valence-corrected chi connectivity index (χ0v) is 10.4. The van der Waals surface area contributed by atoms with Crippen LogP contribution >= 0.6 is 11.3 Å². The normalized spacial score (nSPS) is 18.0. The lowest BCUT2D eigenvalue weighted by Gasteiger charge is -2.14. The molecular weight excluding hydrogens is 204 g/mol. The van der Waals surface area contributed by atoms with Gasteiger partial charge in [-0.3, -0.25) is 0 Å². The van der Waals surface area contributed by atoms with E-state index < -0.39 is 0 Å². The average molecular weight is 224 g/mol. The van der Waals surface area contributed by atoms with Crippen LogP contribution in [0.5, 0.6) is 0 Å². The minimum Gasteiger partial charge on any atom is -0.307 e. The fourth-order valence-electron chi connectivity index (χ4n) is 1.95. The Morgan fingerprint density at radius 1 is 1.53 bits per heavy atom. The summed E-state index contributed by atoms with van der Waals surface area (Å²) in [6.07, 6.45) is 7.21. The summed E-state index contributed by atoms with van der Waals surface area (Å²) in [6, 6.07) is 0.721. The van der Waals surface area contributed by atoms with Crippen LogP contribution in [0, 0.1) is 5.92 Å². The van der Waals surface area contributed by atoms with Crippen molar-refractivity contribution in [2.75, 3.05) is 0 Å². The van der Waals surface area contributed by atoms with Crippen LogP contribution in [-0.4, -0.2) is 11.0 Å². The molecule has 1 fully saturated rings. The molecule has 0 radical (unpaired) electrons. The maximum Gasteiger partial charge on any atom is 0.107 e. The molecule has 0 bridgehead atoms. The van der Waals surface area contributed by atoms with Crippen molar-refractivity contribution in [2.24, 2.45) is 5.92 Å². The number of aryl methyl sites for hydroxylation is 1. The summed E-state index contributed by atoms with van der Waals surface area (Å²) < 4.78 is 0. The van der Waals surface area contributed by atoms with Gasteiger partial charge in [-0.25, -0.2) is 4.98 Å². The lowest BCUT2D eigenvalue weighted by atomic mass is 10.1. The van der Waals surface area contributed by atoms with Crippen molar-refractivity contribution in [3.05, 3.63) is 16.1 Å². The highest BCUT2D eigenvalue weighted by molar-refractivity contribution is 7.11. The standard InChI is InChI=1S/C12H20N2S/c1-3-10-7-14-12(15-10)8-13-11(4-2)9-5-6-9/h7,9,11,13H,3-6,8H2,1-2H3. The first-order chi connectivity index (χ1) is 7.33. The Hall–Kier alpha value is -0.410. The molecule has 1 aromatic rings. The Balaban J connectivity index is 1.80. The third-order valence-electron chi connectivity index (χ3n) is 3.10. The van der Waals surface area contributed by atoms with Crippen LogP contribution in [0.2, 0.25) is 0 Å². The lowest BCUT2D eigenvalue weighted by molar-refractivity contribution is 0.448. The van der Waals surface area contributed by atoms with Crippen molar-refractivity contribution in [1.82, 2.24) is 10.3 Å². The van der Waals surface area contributed by atoms with Gasteiger partial charge in [0.25, 0.3) is 0 Å². The summed E-state index contributed by atoms with van der Waals surface area (Å²) in [5, 5.41) is 4.87. The smallest absolute Gasteiger partial charge is 0.107 e. The van der Waals surface area contributed by atoms with Crippen LogP contribution in [0.4, 0.5) is 0 Å². The second kappa shape index (κ2) is 5.08. The van der Waals surface area contributed by atoms with E-state index in [-0.39, 0.29) is 0 Å². The highest BCUT2D eigenvalue weighted by atomic mass is 32.1. The van der Waals surface area contributed by atoms with E-state index in [1.54, 1.807) is 0 Å². The first kappa shape index (κ1) is 11.1. The van der Waals surface area contributed by atoms with Crippen molar-refractivity contribution in [3.63, 3.8) is 0 Å². The fraction of sp³-hybridized carbons (Fsp3) is 0.750. The van der Waals surface area contributed by atoms with Gasteiger partial charge >= 0.3 is 0 Å². The van der Waals surface area contributed by atoms with Gasteiger partial charge in [0.1, 0.15) is 5.01 Å². The third-order valence-corrected chi connectivity index (χ3v) is 4.24. The number of nitrogens with zero attached hydrogens (tertiary/aromatic N) is 1. The molecule has 2 nitrogen and oxygen atoms in total. The number of thiazole rings is 1. The van der Waals surface area contributed by atoms with Crippen LogP contribution in [0.3, 0.4) is 0 Å². The topological polar surface area (TPSA) is 24.9 Å². The predicted molar refractivity (Wildman–Crippen MR) is 65.1 cm³/mol. The Bertz CT molecular complexity index is 304. The molecule has 0 aromatic carbocycles. The van der Waals surface area contributed by atoms with Gasteiger partial charge in [0, 0.05) is 23.7 Å². The van der Waals surface area contributed by atoms with Gasteiger partial charge in [0.15, 0.2) is 0 Å². The second-order valence-electron chi connectivity index (χ2n) is 4.31. The molecule has 1 aliphatic rings. The molecule has 1 N–H and O–H groups in total. The maximum atomic E-state index is 4.43. The lowest BCUT2D eigenvalue weighted by Crippen LogP contribution is -2.29. The Morgan fingerprint density at radius 2 is 2.33 bits per heavy atom. The van der Waals surface area contributed by atoms with Crippen molar-refractivity contribution in [2.45, 2.75) is 52.1 Å². The van der Waals surface area contributed by atoms with Gasteiger partial charge in [-0.2, -0.15) is 0 Å². The summed E-state index contributed by atoms with van der Waals surface area (Å²) in [7, 11) is 0. The molecule has 1 atom stereocenters. The molecule has 3 heteroatoms. The van der Waals surface area contributed by atoms with E-state index >= 15 is 0 Å². The SMILES string of the molecule is CCc1cnc(CNC(CC)C2CC2)s1. The van der Waals surface area contributed by atoms with Crippen molar-refractivity contribution < 1.29 is 0 Å². The molecule has 0 amide bonds. The van der Waals surface area contributed by atoms with Crippen LogP contribution in [0.15, 0.2) is 6.20 Å². The van der Waals surface area contributed by atoms with Gasteiger partial charge < -0.3 is 5.32 Å². The molecule has 1 unspecified atom stereocenters. The molecule has 1 saturated carbocycles. The minimum atomic E-state index is 0.721. The summed E-state index contributed by atoms with van der Waals surface area (Å²) >= 11 is 1.84. The predicted octanol–water partition coefficient (Wildman–Crippen LogP) is 2.98. The zero-order chi connectivity index (χ0) is 10.7. The molecule has 2 rings (SSSR count). The first-order valence-corrected chi connectivity index (χ1v) is 6.82. The van der Waals surface area contributed by atoms with E-state index in [1.165, 1.54) is 29.1 Å². The molecule has 0 aliphatic heterocycles. The fourth-order valence-corrected chi connectivity index (χ4v) is 2.77. The summed E-state index contributed by atoms with van der Waals surface area (Å²) in [5.41, 5.74) is 0. The van der Waals surface area contributed by atoms with E-state index in [0.717, 1.165) is 24.9 Å². The Labute approximate surface area is 96.1 Å². The number of hydrogen-bond donors (Lipinski definition) is 1. The van der Waals surface area contributed by atoms with Crippen LogP contribution in [-0.2, 0) is 13.0 Å². The molecule has 1 heterocycles. The zero-order valence-electron chi connectivity index (χ0n) is 9.62. The molecule has 1 aromatic heterocycles. The Morgan fingerprint density at radius 3 is 2.87 bits per heavy atom. The molecule has 15 heavy (non-hydrogen) atoms. The van der Waals surface area contributed by atoms with E-state index in [2.05, 4.69) is 24.1 Å². The summed E-state index contributed by atoms with van der Waals surface area (Å²) in [5.74, 6) is 0.945. The monoisotopic (exact) mass is 224 g/mol. The van der Waals surface area contributed by atoms with Gasteiger partial charge in [-0.05, 0) is 31.6 Å². The van der Waals surface area contributed by atoms with Crippen LogP contribution in [0.25, 0.3) is 0 Å². The van der Waals surface area contributed by atoms with Crippen molar-refractivity contribution in [1.29, 1.82) is 0 Å². The summed E-state index contributed by atoms with van der Waals surface area (Å²) in [4.78, 5) is 5.82. The number of aromatic nitrogens is 1. The van der Waals surface area contributed by atoms with Crippen molar-refractivity contribution in [3.8, 4) is 0 Å². The first-order valence-electron chi connectivity index (χ1n) is 6.00. The van der Waals surface area contributed by atoms with Gasteiger partial charge in [0.2, 0.25) is 0 Å². The van der Waals surface area contributed by atoms with E-state index in [0.29, 0.717) is 0 Å². The quantitative estimate of drug-likeness (QED) is 0.803. The molecule has 84 valence electrons. The van der Waals surface area contributed by atoms with E-state index in [4.69, 9.17) is 0 Å². The van der Waals surface area contributed by atoms with Crippen LogP contribution < -0.4 is 5.32 Å². The van der Waals surface area contributed by atoms with Gasteiger partial charge in [-0.1, -0.05) is 13.8 Å². The molecule has 1 aliphatic carbocycles. The largest absolute Gasteiger partial charge is 0.307 e. The maximum absolute atomic E-state index is 4.43.